The number of aryl methyl sites for hydroxylation is 2. The Labute approximate surface area is 144 Å². The van der Waals surface area contributed by atoms with Gasteiger partial charge in [0.2, 0.25) is 0 Å². The highest BCUT2D eigenvalue weighted by Crippen LogP contribution is 2.38. The molecule has 2 heterocycles. The van der Waals surface area contributed by atoms with Crippen LogP contribution in [0.2, 0.25) is 0 Å². The quantitative estimate of drug-likeness (QED) is 0.557. The third-order valence-electron chi connectivity index (χ3n) is 4.37. The normalized spacial score (nSPS) is 14.6. The van der Waals surface area contributed by atoms with Crippen LogP contribution in [0.3, 0.4) is 0 Å². The number of phenols is 1. The number of hydrogen-bond acceptors (Lipinski definition) is 6. The van der Waals surface area contributed by atoms with Crippen LogP contribution in [0.25, 0.3) is 10.2 Å². The highest BCUT2D eigenvalue weighted by molar-refractivity contribution is 7.19. The lowest BCUT2D eigenvalue weighted by molar-refractivity contribution is 0.475. The van der Waals surface area contributed by atoms with Crippen molar-refractivity contribution in [3.05, 3.63) is 46.6 Å². The zero-order chi connectivity index (χ0) is 16.5. The maximum absolute atomic E-state index is 9.38. The summed E-state index contributed by atoms with van der Waals surface area (Å²) in [6.07, 6.45) is 6.32. The third kappa shape index (κ3) is 2.73. The van der Waals surface area contributed by atoms with E-state index >= 15 is 0 Å². The minimum atomic E-state index is 0.252. The second-order valence-electron chi connectivity index (χ2n) is 5.97. The predicted molar refractivity (Wildman–Crippen MR) is 98.0 cm³/mol. The molecule has 3 aromatic rings. The molecule has 0 amide bonds. The van der Waals surface area contributed by atoms with Gasteiger partial charge in [-0.05, 0) is 68.0 Å². The average molecular weight is 338 g/mol. The van der Waals surface area contributed by atoms with E-state index in [9.17, 15) is 5.11 Å². The summed E-state index contributed by atoms with van der Waals surface area (Å²) in [5.41, 5.74) is 6.30. The number of phenolic OH excluding ortho intramolecular Hbond substituents is 1. The molecular formula is C18H18N4OS. The predicted octanol–water partition coefficient (Wildman–Crippen LogP) is 4.11. The molecular weight excluding hydrogens is 320 g/mol. The van der Waals surface area contributed by atoms with Crippen LogP contribution in [0.1, 0.15) is 35.8 Å². The highest BCUT2D eigenvalue weighted by Gasteiger charge is 2.19. The Morgan fingerprint density at radius 3 is 2.79 bits per heavy atom. The molecule has 5 nitrogen and oxygen atoms in total. The first-order valence-corrected chi connectivity index (χ1v) is 8.89. The fourth-order valence-corrected chi connectivity index (χ4v) is 4.31. The van der Waals surface area contributed by atoms with E-state index < -0.39 is 0 Å². The van der Waals surface area contributed by atoms with Crippen molar-refractivity contribution in [2.24, 2.45) is 5.10 Å². The topological polar surface area (TPSA) is 70.4 Å². The number of aromatic nitrogens is 2. The van der Waals surface area contributed by atoms with Gasteiger partial charge in [-0.15, -0.1) is 11.3 Å². The summed E-state index contributed by atoms with van der Waals surface area (Å²) in [6.45, 7) is 1.93. The maximum Gasteiger partial charge on any atom is 0.158 e. The first-order chi connectivity index (χ1) is 11.7. The molecule has 0 saturated heterocycles. The number of hydrogen-bond donors (Lipinski definition) is 2. The SMILES string of the molecule is C/C(=N/Nc1ncnc2sc3c(c12)CCCC3)c1ccc(O)cc1. The molecule has 2 aromatic heterocycles. The molecule has 1 aliphatic rings. The largest absolute Gasteiger partial charge is 0.508 e. The monoisotopic (exact) mass is 338 g/mol. The zero-order valence-corrected chi connectivity index (χ0v) is 14.2. The summed E-state index contributed by atoms with van der Waals surface area (Å²) < 4.78 is 0. The number of thiophene rings is 1. The molecule has 0 spiro atoms. The molecule has 0 radical (unpaired) electrons. The molecule has 0 unspecified atom stereocenters. The van der Waals surface area contributed by atoms with Crippen molar-refractivity contribution >= 4 is 33.1 Å². The van der Waals surface area contributed by atoms with Gasteiger partial charge in [0.05, 0.1) is 11.1 Å². The van der Waals surface area contributed by atoms with Crippen molar-refractivity contribution in [2.45, 2.75) is 32.6 Å². The molecule has 2 N–H and O–H groups in total. The van der Waals surface area contributed by atoms with Crippen LogP contribution < -0.4 is 5.43 Å². The summed E-state index contributed by atoms with van der Waals surface area (Å²) >= 11 is 1.78. The Balaban J connectivity index is 1.68. The summed E-state index contributed by atoms with van der Waals surface area (Å²) in [4.78, 5) is 11.3. The van der Waals surface area contributed by atoms with E-state index in [0.717, 1.165) is 40.2 Å². The van der Waals surface area contributed by atoms with E-state index in [1.165, 1.54) is 23.3 Å². The van der Waals surface area contributed by atoms with Crippen LogP contribution >= 0.6 is 11.3 Å². The van der Waals surface area contributed by atoms with Crippen LogP contribution in [0.5, 0.6) is 5.75 Å². The number of rotatable bonds is 3. The Morgan fingerprint density at radius 1 is 1.17 bits per heavy atom. The van der Waals surface area contributed by atoms with Gasteiger partial charge in [0.15, 0.2) is 5.82 Å². The number of hydrazone groups is 1. The van der Waals surface area contributed by atoms with Gasteiger partial charge in [0.25, 0.3) is 0 Å². The van der Waals surface area contributed by atoms with Crippen molar-refractivity contribution in [3.8, 4) is 5.75 Å². The lowest BCUT2D eigenvalue weighted by Gasteiger charge is -2.11. The van der Waals surface area contributed by atoms with E-state index in [2.05, 4.69) is 20.5 Å². The number of fused-ring (bicyclic) bond motifs is 3. The number of benzene rings is 1. The average Bonchev–Trinajstić information content (AvgIpc) is 2.99. The maximum atomic E-state index is 9.38. The summed E-state index contributed by atoms with van der Waals surface area (Å²) in [5.74, 6) is 1.03. The molecule has 0 saturated carbocycles. The fourth-order valence-electron chi connectivity index (χ4n) is 3.08. The van der Waals surface area contributed by atoms with E-state index in [1.807, 2.05) is 19.1 Å². The first kappa shape index (κ1) is 15.1. The molecule has 0 fully saturated rings. The van der Waals surface area contributed by atoms with Crippen molar-refractivity contribution < 1.29 is 5.11 Å². The highest BCUT2D eigenvalue weighted by atomic mass is 32.1. The van der Waals surface area contributed by atoms with Gasteiger partial charge >= 0.3 is 0 Å². The molecule has 0 aliphatic heterocycles. The van der Waals surface area contributed by atoms with Crippen LogP contribution in [0, 0.1) is 0 Å². The van der Waals surface area contributed by atoms with Gasteiger partial charge in [0.1, 0.15) is 16.9 Å². The minimum absolute atomic E-state index is 0.252. The van der Waals surface area contributed by atoms with E-state index in [0.29, 0.717) is 0 Å². The van der Waals surface area contributed by atoms with Crippen LogP contribution in [-0.2, 0) is 12.8 Å². The molecule has 1 aromatic carbocycles. The van der Waals surface area contributed by atoms with Gasteiger partial charge in [-0.1, -0.05) is 0 Å². The standard InChI is InChI=1S/C18H18N4OS/c1-11(12-6-8-13(23)9-7-12)21-22-17-16-14-4-2-3-5-15(14)24-18(16)20-10-19-17/h6-10,23H,2-5H2,1H3,(H,19,20,22)/b21-11-. The summed E-state index contributed by atoms with van der Waals surface area (Å²) in [7, 11) is 0. The van der Waals surface area contributed by atoms with Crippen molar-refractivity contribution in [1.29, 1.82) is 0 Å². The minimum Gasteiger partial charge on any atom is -0.508 e. The lowest BCUT2D eigenvalue weighted by atomic mass is 9.97. The molecule has 24 heavy (non-hydrogen) atoms. The molecule has 4 rings (SSSR count). The number of nitrogens with one attached hydrogen (secondary N) is 1. The molecule has 0 bridgehead atoms. The van der Waals surface area contributed by atoms with Gasteiger partial charge in [-0.3, -0.25) is 5.43 Å². The summed E-state index contributed by atoms with van der Waals surface area (Å²) in [6, 6.07) is 7.01. The fraction of sp³-hybridized carbons (Fsp3) is 0.278. The van der Waals surface area contributed by atoms with Gasteiger partial charge in [-0.25, -0.2) is 9.97 Å². The van der Waals surface area contributed by atoms with Gasteiger partial charge < -0.3 is 5.11 Å². The Hall–Kier alpha value is -2.47. The molecule has 122 valence electrons. The van der Waals surface area contributed by atoms with Crippen LogP contribution in [0.4, 0.5) is 5.82 Å². The van der Waals surface area contributed by atoms with Crippen LogP contribution in [0.15, 0.2) is 35.7 Å². The second kappa shape index (κ2) is 6.20. The Morgan fingerprint density at radius 2 is 1.96 bits per heavy atom. The van der Waals surface area contributed by atoms with Crippen LogP contribution in [-0.4, -0.2) is 20.8 Å². The van der Waals surface area contributed by atoms with Crippen molar-refractivity contribution in [1.82, 2.24) is 9.97 Å². The zero-order valence-electron chi connectivity index (χ0n) is 13.4. The van der Waals surface area contributed by atoms with Gasteiger partial charge in [-0.2, -0.15) is 5.10 Å². The number of nitrogens with zero attached hydrogens (tertiary/aromatic N) is 3. The smallest absolute Gasteiger partial charge is 0.158 e. The number of anilines is 1. The Kier molecular flexibility index (Phi) is 3.90. The molecule has 1 aliphatic carbocycles. The van der Waals surface area contributed by atoms with E-state index in [4.69, 9.17) is 0 Å². The Bertz CT molecular complexity index is 915. The number of aromatic hydroxyl groups is 1. The first-order valence-electron chi connectivity index (χ1n) is 8.07. The van der Waals surface area contributed by atoms with E-state index in [-0.39, 0.29) is 5.75 Å². The van der Waals surface area contributed by atoms with Crippen molar-refractivity contribution in [2.75, 3.05) is 5.43 Å². The third-order valence-corrected chi connectivity index (χ3v) is 5.57. The molecule has 6 heteroatoms. The second-order valence-corrected chi connectivity index (χ2v) is 7.05. The van der Waals surface area contributed by atoms with E-state index in [1.54, 1.807) is 29.8 Å². The van der Waals surface area contributed by atoms with Gasteiger partial charge in [0, 0.05) is 4.88 Å². The van der Waals surface area contributed by atoms with Crippen molar-refractivity contribution in [3.63, 3.8) is 0 Å². The summed E-state index contributed by atoms with van der Waals surface area (Å²) in [5, 5.41) is 15.0. The lowest BCUT2D eigenvalue weighted by Crippen LogP contribution is -2.03. The molecule has 0 atom stereocenters.